The minimum Gasteiger partial charge on any atom is -0.406 e. The quantitative estimate of drug-likeness (QED) is 0.379. The number of ether oxygens (including phenoxy) is 1. The number of nitro groups is 1. The third kappa shape index (κ3) is 6.55. The maximum absolute atomic E-state index is 12.7. The normalized spacial score (nSPS) is 11.9. The molecule has 0 unspecified atom stereocenters. The number of hydrogen-bond donors (Lipinski definition) is 1. The standard InChI is InChI=1S/C18H14ClF3N6O4.H2S/c1-2-14(16-24-9-25-27(16)15-4-3-12(8-23-15)28(30)31)26-17(29)10-5-11(19)7-13(6-10)32-18(20,21)22;/h3-9,14H,2H2,1H3,(H,26,29);1H2/t14-;/m0./s1. The number of nitrogens with one attached hydrogen (secondary N) is 1. The van der Waals surface area contributed by atoms with Gasteiger partial charge in [0.1, 0.15) is 18.3 Å². The van der Waals surface area contributed by atoms with Gasteiger partial charge in [0, 0.05) is 16.7 Å². The van der Waals surface area contributed by atoms with Gasteiger partial charge in [-0.3, -0.25) is 14.9 Å². The molecule has 3 rings (SSSR count). The van der Waals surface area contributed by atoms with Crippen molar-refractivity contribution in [2.45, 2.75) is 25.7 Å². The minimum absolute atomic E-state index is 0. The van der Waals surface area contributed by atoms with Crippen LogP contribution in [0.5, 0.6) is 5.75 Å². The van der Waals surface area contributed by atoms with Gasteiger partial charge in [0.25, 0.3) is 11.6 Å². The van der Waals surface area contributed by atoms with Crippen molar-refractivity contribution >= 4 is 36.7 Å². The molecule has 0 bridgehead atoms. The molecule has 0 fully saturated rings. The number of hydrogen-bond acceptors (Lipinski definition) is 7. The molecular formula is C18H16ClF3N6O4S. The molecule has 15 heteroatoms. The zero-order valence-electron chi connectivity index (χ0n) is 16.7. The lowest BCUT2D eigenvalue weighted by Gasteiger charge is -2.17. The highest BCUT2D eigenvalue weighted by Gasteiger charge is 2.31. The van der Waals surface area contributed by atoms with Crippen molar-refractivity contribution in [1.29, 1.82) is 0 Å². The summed E-state index contributed by atoms with van der Waals surface area (Å²) in [5, 5.41) is 17.4. The van der Waals surface area contributed by atoms with Crippen LogP contribution in [0.4, 0.5) is 18.9 Å². The fourth-order valence-electron chi connectivity index (χ4n) is 2.75. The molecule has 0 aliphatic carbocycles. The number of alkyl halides is 3. The number of nitrogens with zero attached hydrogens (tertiary/aromatic N) is 5. The van der Waals surface area contributed by atoms with Gasteiger partial charge in [-0.25, -0.2) is 9.97 Å². The molecule has 176 valence electrons. The van der Waals surface area contributed by atoms with Crippen LogP contribution in [-0.2, 0) is 0 Å². The summed E-state index contributed by atoms with van der Waals surface area (Å²) in [7, 11) is 0. The highest BCUT2D eigenvalue weighted by Crippen LogP contribution is 2.27. The number of aromatic nitrogens is 4. The van der Waals surface area contributed by atoms with E-state index in [1.807, 2.05) is 0 Å². The van der Waals surface area contributed by atoms with Crippen molar-refractivity contribution in [3.63, 3.8) is 0 Å². The third-order valence-corrected chi connectivity index (χ3v) is 4.34. The predicted octanol–water partition coefficient (Wildman–Crippen LogP) is 4.12. The number of rotatable bonds is 7. The van der Waals surface area contributed by atoms with Crippen molar-refractivity contribution in [3.8, 4) is 11.6 Å². The summed E-state index contributed by atoms with van der Waals surface area (Å²) < 4.78 is 42.6. The summed E-state index contributed by atoms with van der Waals surface area (Å²) in [4.78, 5) is 31.0. The van der Waals surface area contributed by atoms with Gasteiger partial charge in [0.2, 0.25) is 0 Å². The fourth-order valence-corrected chi connectivity index (χ4v) is 2.98. The third-order valence-electron chi connectivity index (χ3n) is 4.13. The van der Waals surface area contributed by atoms with E-state index in [1.165, 1.54) is 29.2 Å². The topological polar surface area (TPSA) is 125 Å². The molecule has 10 nitrogen and oxygen atoms in total. The summed E-state index contributed by atoms with van der Waals surface area (Å²) in [6.45, 7) is 1.74. The monoisotopic (exact) mass is 504 g/mol. The maximum atomic E-state index is 12.7. The number of halogens is 4. The van der Waals surface area contributed by atoms with Crippen LogP contribution in [0.1, 0.15) is 35.6 Å². The van der Waals surface area contributed by atoms with E-state index >= 15 is 0 Å². The molecule has 2 heterocycles. The van der Waals surface area contributed by atoms with Gasteiger partial charge >= 0.3 is 6.36 Å². The lowest BCUT2D eigenvalue weighted by Crippen LogP contribution is -2.30. The SMILES string of the molecule is CC[C@H](NC(=O)c1cc(Cl)cc(OC(F)(F)F)c1)c1ncnn1-c1ccc([N+](=O)[O-])cn1.S. The maximum Gasteiger partial charge on any atom is 0.573 e. The molecule has 0 saturated heterocycles. The van der Waals surface area contributed by atoms with Crippen LogP contribution >= 0.6 is 25.1 Å². The Morgan fingerprint density at radius 3 is 2.61 bits per heavy atom. The summed E-state index contributed by atoms with van der Waals surface area (Å²) in [6.07, 6.45) is -2.35. The molecular weight excluding hydrogens is 489 g/mol. The molecule has 1 amide bonds. The summed E-state index contributed by atoms with van der Waals surface area (Å²) in [5.74, 6) is -0.880. The summed E-state index contributed by atoms with van der Waals surface area (Å²) in [5.41, 5.74) is -0.372. The molecule has 0 aliphatic heterocycles. The van der Waals surface area contributed by atoms with Crippen LogP contribution in [-0.4, -0.2) is 36.9 Å². The average Bonchev–Trinajstić information content (AvgIpc) is 3.19. The van der Waals surface area contributed by atoms with Gasteiger partial charge in [0.05, 0.1) is 11.0 Å². The van der Waals surface area contributed by atoms with Gasteiger partial charge in [-0.1, -0.05) is 18.5 Å². The predicted molar refractivity (Wildman–Crippen MR) is 115 cm³/mol. The van der Waals surface area contributed by atoms with Crippen molar-refractivity contribution < 1.29 is 27.6 Å². The lowest BCUT2D eigenvalue weighted by molar-refractivity contribution is -0.385. The van der Waals surface area contributed by atoms with Crippen molar-refractivity contribution in [2.75, 3.05) is 0 Å². The second-order valence-electron chi connectivity index (χ2n) is 6.32. The number of carbonyl (C=O) groups excluding carboxylic acids is 1. The highest BCUT2D eigenvalue weighted by molar-refractivity contribution is 7.59. The Hall–Kier alpha value is -3.39. The van der Waals surface area contributed by atoms with Crippen LogP contribution in [0, 0.1) is 10.1 Å². The molecule has 0 aliphatic rings. The van der Waals surface area contributed by atoms with Crippen LogP contribution in [0.15, 0.2) is 42.9 Å². The second kappa shape index (κ2) is 10.5. The lowest BCUT2D eigenvalue weighted by atomic mass is 10.1. The second-order valence-corrected chi connectivity index (χ2v) is 6.76. The largest absolute Gasteiger partial charge is 0.573 e. The van der Waals surface area contributed by atoms with E-state index < -0.39 is 29.0 Å². The van der Waals surface area contributed by atoms with Gasteiger partial charge in [-0.15, -0.1) is 13.2 Å². The van der Waals surface area contributed by atoms with Crippen molar-refractivity contribution in [3.05, 3.63) is 69.4 Å². The minimum atomic E-state index is -4.95. The number of amides is 1. The number of carbonyl (C=O) groups is 1. The van der Waals surface area contributed by atoms with Gasteiger partial charge < -0.3 is 10.1 Å². The summed E-state index contributed by atoms with van der Waals surface area (Å²) in [6, 6.07) is 4.91. The zero-order chi connectivity index (χ0) is 23.5. The van der Waals surface area contributed by atoms with Crippen molar-refractivity contribution in [2.24, 2.45) is 0 Å². The van der Waals surface area contributed by atoms with Gasteiger partial charge in [0.15, 0.2) is 11.6 Å². The number of pyridine rings is 1. The first kappa shape index (κ1) is 25.9. The zero-order valence-corrected chi connectivity index (χ0v) is 18.5. The van der Waals surface area contributed by atoms with E-state index in [0.717, 1.165) is 18.3 Å². The number of benzene rings is 1. The molecule has 3 aromatic rings. The van der Waals surface area contributed by atoms with Crippen LogP contribution in [0.3, 0.4) is 0 Å². The Bertz CT molecular complexity index is 1140. The van der Waals surface area contributed by atoms with Crippen LogP contribution in [0.2, 0.25) is 5.02 Å². The molecule has 2 aromatic heterocycles. The van der Waals surface area contributed by atoms with Crippen LogP contribution < -0.4 is 10.1 Å². The van der Waals surface area contributed by atoms with Crippen molar-refractivity contribution in [1.82, 2.24) is 25.1 Å². The first-order chi connectivity index (χ1) is 15.1. The molecule has 1 N–H and O–H groups in total. The molecule has 0 saturated carbocycles. The average molecular weight is 505 g/mol. The smallest absolute Gasteiger partial charge is 0.406 e. The molecule has 1 atom stereocenters. The van der Waals surface area contributed by atoms with E-state index in [0.29, 0.717) is 6.42 Å². The van der Waals surface area contributed by atoms with E-state index in [1.54, 1.807) is 6.92 Å². The Labute approximate surface area is 196 Å². The summed E-state index contributed by atoms with van der Waals surface area (Å²) >= 11 is 5.82. The van der Waals surface area contributed by atoms with Gasteiger partial charge in [-0.05, 0) is 30.7 Å². The Balaban J connectivity index is 0.00000385. The fraction of sp³-hybridized carbons (Fsp3) is 0.222. The molecule has 0 spiro atoms. The Kier molecular flexibility index (Phi) is 8.22. The van der Waals surface area contributed by atoms with Crippen LogP contribution in [0.25, 0.3) is 5.82 Å². The Morgan fingerprint density at radius 2 is 2.03 bits per heavy atom. The first-order valence-corrected chi connectivity index (χ1v) is 9.33. The van der Waals surface area contributed by atoms with Gasteiger partial charge in [-0.2, -0.15) is 23.3 Å². The Morgan fingerprint density at radius 1 is 1.30 bits per heavy atom. The van der Waals surface area contributed by atoms with E-state index in [4.69, 9.17) is 11.6 Å². The van der Waals surface area contributed by atoms with E-state index in [-0.39, 0.29) is 41.4 Å². The molecule has 0 radical (unpaired) electrons. The first-order valence-electron chi connectivity index (χ1n) is 8.95. The van der Waals surface area contributed by atoms with E-state index in [2.05, 4.69) is 25.1 Å². The molecule has 1 aromatic carbocycles. The molecule has 33 heavy (non-hydrogen) atoms. The highest BCUT2D eigenvalue weighted by atomic mass is 35.5. The van der Waals surface area contributed by atoms with E-state index in [9.17, 15) is 28.1 Å².